The zero-order valence-corrected chi connectivity index (χ0v) is 14.0. The van der Waals surface area contributed by atoms with E-state index < -0.39 is 0 Å². The van der Waals surface area contributed by atoms with Crippen LogP contribution in [-0.4, -0.2) is 25.0 Å². The maximum atomic E-state index is 8.17. The van der Waals surface area contributed by atoms with E-state index in [0.29, 0.717) is 22.7 Å². The van der Waals surface area contributed by atoms with E-state index in [1.165, 1.54) is 0 Å². The average Bonchev–Trinajstić information content (AvgIpc) is 2.65. The first kappa shape index (κ1) is 11.5. The van der Waals surface area contributed by atoms with Crippen molar-refractivity contribution in [3.63, 3.8) is 0 Å². The summed E-state index contributed by atoms with van der Waals surface area (Å²) in [6.07, 6.45) is 0. The minimum Gasteiger partial charge on any atom is -0.356 e. The Morgan fingerprint density at radius 2 is 0.880 bits per heavy atom. The molecule has 0 radical (unpaired) electrons. The third-order valence-corrected chi connectivity index (χ3v) is 12.8. The van der Waals surface area contributed by atoms with E-state index in [1.807, 2.05) is 0 Å². The van der Waals surface area contributed by atoms with Gasteiger partial charge in [-0.1, -0.05) is 0 Å². The third kappa shape index (κ3) is 0.649. The molecule has 5 N–H and O–H groups in total. The maximum absolute atomic E-state index is 8.17. The van der Waals surface area contributed by atoms with Gasteiger partial charge in [0.25, 0.3) is 0 Å². The largest absolute Gasteiger partial charge is 0.356 e. The van der Waals surface area contributed by atoms with E-state index in [2.05, 4.69) is 16.0 Å². The molecule has 0 bridgehead atoms. The second-order valence-electron chi connectivity index (χ2n) is 11.6. The lowest BCUT2D eigenvalue weighted by atomic mass is 8.96. The van der Waals surface area contributed by atoms with Gasteiger partial charge in [0.15, 0.2) is 11.9 Å². The van der Waals surface area contributed by atoms with E-state index >= 15 is 0 Å². The number of hydrogen-bond donors (Lipinski definition) is 5. The van der Waals surface area contributed by atoms with Gasteiger partial charge in [0.1, 0.15) is 0 Å². The van der Waals surface area contributed by atoms with Crippen LogP contribution in [0.25, 0.3) is 0 Å². The topological polar surface area (TPSA) is 83.8 Å². The molecule has 5 heteroatoms. The molecule has 128 valence electrons. The number of rotatable bonds is 4. The molecule has 0 aromatic rings. The van der Waals surface area contributed by atoms with E-state index in [4.69, 9.17) is 10.8 Å². The monoisotopic (exact) mass is 333 g/mol. The van der Waals surface area contributed by atoms with Crippen LogP contribution >= 0.6 is 0 Å². The van der Waals surface area contributed by atoms with Gasteiger partial charge >= 0.3 is 0 Å². The highest BCUT2D eigenvalue weighted by molar-refractivity contribution is 5.95. The van der Waals surface area contributed by atoms with E-state index in [-0.39, 0.29) is 0 Å². The average molecular weight is 333 g/mol. The quantitative estimate of drug-likeness (QED) is 0.380. The highest BCUT2D eigenvalue weighted by Gasteiger charge is 3.04. The number of guanidine groups is 2. The standard InChI is InChI=1S/C20H23N5/c21-17(23-1-19-11-5-3-6(11)13(19)7(3)12(5)19)25-18(22)24-2-20-14-8-4-9(14)16(20)10(4)15(8)20/h3-16H,1-2H2,(H5,21,22,23,24,25). The number of nitrogens with one attached hydrogen (secondary N) is 5. The van der Waals surface area contributed by atoms with Crippen molar-refractivity contribution in [1.29, 1.82) is 10.8 Å². The minimum absolute atomic E-state index is 0.334. The fraction of sp³-hybridized carbons (Fsp3) is 0.900. The van der Waals surface area contributed by atoms with Crippen LogP contribution < -0.4 is 16.0 Å². The molecule has 0 amide bonds. The van der Waals surface area contributed by atoms with Crippen LogP contribution in [0.4, 0.5) is 0 Å². The summed E-state index contributed by atoms with van der Waals surface area (Å²) in [5.41, 5.74) is 1.21. The van der Waals surface area contributed by atoms with Gasteiger partial charge in [-0.15, -0.1) is 0 Å². The molecule has 12 aliphatic rings. The molecule has 0 heterocycles. The summed E-state index contributed by atoms with van der Waals surface area (Å²) in [6.45, 7) is 1.98. The van der Waals surface area contributed by atoms with Gasteiger partial charge in [0, 0.05) is 13.1 Å². The van der Waals surface area contributed by atoms with Crippen molar-refractivity contribution >= 4 is 11.9 Å². The minimum atomic E-state index is 0.334. The highest BCUT2D eigenvalue weighted by Crippen LogP contribution is 3.06. The number of hydrogen-bond acceptors (Lipinski definition) is 2. The Bertz CT molecular complexity index is 704. The molecule has 12 fully saturated rings. The molecular weight excluding hydrogens is 310 g/mol. The van der Waals surface area contributed by atoms with Gasteiger partial charge in [-0.2, -0.15) is 0 Å². The zero-order chi connectivity index (χ0) is 15.8. The molecular formula is C20H23N5. The van der Waals surface area contributed by atoms with E-state index in [0.717, 1.165) is 95.9 Å². The van der Waals surface area contributed by atoms with Gasteiger partial charge in [-0.05, 0) is 93.7 Å². The molecule has 12 rings (SSSR count). The SMILES string of the molecule is N=C(NCC12C3C4C5C3C1C5C42)NC(=N)NCC12C3C4C5C3C1C5C42. The summed E-state index contributed by atoms with van der Waals surface area (Å²) >= 11 is 0. The van der Waals surface area contributed by atoms with Crippen LogP contribution in [0.5, 0.6) is 0 Å². The van der Waals surface area contributed by atoms with Crippen molar-refractivity contribution < 1.29 is 0 Å². The molecule has 0 saturated heterocycles. The molecule has 5 nitrogen and oxygen atoms in total. The Morgan fingerprint density at radius 3 is 1.20 bits per heavy atom. The highest BCUT2D eigenvalue weighted by atomic mass is 15.3. The Labute approximate surface area is 146 Å². The van der Waals surface area contributed by atoms with Crippen LogP contribution in [0.1, 0.15) is 0 Å². The van der Waals surface area contributed by atoms with Gasteiger partial charge in [-0.3, -0.25) is 16.1 Å². The van der Waals surface area contributed by atoms with Crippen molar-refractivity contribution in [2.45, 2.75) is 0 Å². The summed E-state index contributed by atoms with van der Waals surface area (Å²) < 4.78 is 0. The van der Waals surface area contributed by atoms with Crippen molar-refractivity contribution in [3.8, 4) is 0 Å². The molecule has 0 aromatic carbocycles. The predicted octanol–water partition coefficient (Wildman–Crippen LogP) is 0.360. The first-order valence-corrected chi connectivity index (χ1v) is 10.6. The second kappa shape index (κ2) is 2.65. The van der Waals surface area contributed by atoms with Crippen molar-refractivity contribution in [2.75, 3.05) is 13.1 Å². The second-order valence-corrected chi connectivity index (χ2v) is 11.6. The van der Waals surface area contributed by atoms with Crippen LogP contribution in [0, 0.1) is 104 Å². The Kier molecular flexibility index (Phi) is 1.21. The Hall–Kier alpha value is -1.26. The van der Waals surface area contributed by atoms with Gasteiger partial charge < -0.3 is 10.6 Å². The molecule has 0 aromatic heterocycles. The fourth-order valence-corrected chi connectivity index (χ4v) is 12.7. The van der Waals surface area contributed by atoms with Gasteiger partial charge in [-0.25, -0.2) is 0 Å². The lowest BCUT2D eigenvalue weighted by molar-refractivity contribution is -0.612. The smallest absolute Gasteiger partial charge is 0.195 e. The first-order chi connectivity index (χ1) is 12.2. The summed E-state index contributed by atoms with van der Waals surface area (Å²) in [5.74, 6) is 15.9. The van der Waals surface area contributed by atoms with E-state index in [9.17, 15) is 0 Å². The Morgan fingerprint density at radius 1 is 0.560 bits per heavy atom. The molecule has 12 aliphatic carbocycles. The van der Waals surface area contributed by atoms with Crippen LogP contribution in [0.15, 0.2) is 0 Å². The third-order valence-electron chi connectivity index (χ3n) is 12.8. The fourth-order valence-electron chi connectivity index (χ4n) is 12.7. The van der Waals surface area contributed by atoms with Crippen molar-refractivity contribution in [2.24, 2.45) is 93.7 Å². The van der Waals surface area contributed by atoms with Crippen LogP contribution in [0.2, 0.25) is 0 Å². The molecule has 0 atom stereocenters. The summed E-state index contributed by atoms with van der Waals surface area (Å²) in [7, 11) is 0. The van der Waals surface area contributed by atoms with Crippen LogP contribution in [0.3, 0.4) is 0 Å². The Balaban J connectivity index is 0.777. The summed E-state index contributed by atoms with van der Waals surface area (Å²) in [6, 6.07) is 0. The predicted molar refractivity (Wildman–Crippen MR) is 88.3 cm³/mol. The molecule has 25 heavy (non-hydrogen) atoms. The first-order valence-electron chi connectivity index (χ1n) is 10.6. The summed E-state index contributed by atoms with van der Waals surface area (Å²) in [4.78, 5) is 0. The summed E-state index contributed by atoms with van der Waals surface area (Å²) in [5, 5.41) is 26.0. The molecule has 0 aliphatic heterocycles. The zero-order valence-electron chi connectivity index (χ0n) is 14.0. The lowest BCUT2D eigenvalue weighted by Crippen LogP contribution is -3.06. The normalized spacial score (nSPS) is 79.4. The van der Waals surface area contributed by atoms with E-state index in [1.54, 1.807) is 0 Å². The van der Waals surface area contributed by atoms with Crippen LogP contribution in [-0.2, 0) is 0 Å². The molecule has 12 saturated carbocycles. The molecule has 0 unspecified atom stereocenters. The maximum Gasteiger partial charge on any atom is 0.195 e. The van der Waals surface area contributed by atoms with Gasteiger partial charge in [0.05, 0.1) is 0 Å². The van der Waals surface area contributed by atoms with Crippen molar-refractivity contribution in [1.82, 2.24) is 16.0 Å². The van der Waals surface area contributed by atoms with Crippen molar-refractivity contribution in [3.05, 3.63) is 0 Å². The van der Waals surface area contributed by atoms with Gasteiger partial charge in [0.2, 0.25) is 0 Å². The molecule has 0 spiro atoms. The lowest BCUT2D eigenvalue weighted by Gasteiger charge is -3.08.